The highest BCUT2D eigenvalue weighted by Crippen LogP contribution is 2.16. The third-order valence-corrected chi connectivity index (χ3v) is 3.69. The normalized spacial score (nSPS) is 12.8. The smallest absolute Gasteiger partial charge is 0.316 e. The first-order valence-corrected chi connectivity index (χ1v) is 6.59. The minimum absolute atomic E-state index is 0.299. The van der Waals surface area contributed by atoms with E-state index in [2.05, 4.69) is 9.97 Å². The number of aromatic nitrogens is 2. The van der Waals surface area contributed by atoms with Crippen LogP contribution < -0.4 is 0 Å². The molecule has 1 aromatic carbocycles. The molecule has 1 atom stereocenters. The average molecular weight is 268 g/mol. The zero-order valence-electron chi connectivity index (χ0n) is 9.81. The molecule has 0 saturated carbocycles. The molecule has 2 rings (SSSR count). The van der Waals surface area contributed by atoms with Gasteiger partial charge in [0.05, 0.1) is 16.3 Å². The van der Waals surface area contributed by atoms with Gasteiger partial charge in [-0.25, -0.2) is 9.37 Å². The van der Waals surface area contributed by atoms with Gasteiger partial charge in [0.25, 0.3) is 0 Å². The van der Waals surface area contributed by atoms with Crippen LogP contribution in [0.3, 0.4) is 0 Å². The van der Waals surface area contributed by atoms with Crippen LogP contribution in [-0.4, -0.2) is 32.0 Å². The fraction of sp³-hybridized carbons (Fsp3) is 0.333. The highest BCUT2D eigenvalue weighted by molar-refractivity contribution is 8.00. The van der Waals surface area contributed by atoms with Gasteiger partial charge in [-0.2, -0.15) is 0 Å². The van der Waals surface area contributed by atoms with Gasteiger partial charge >= 0.3 is 5.97 Å². The van der Waals surface area contributed by atoms with E-state index in [9.17, 15) is 9.18 Å². The van der Waals surface area contributed by atoms with Crippen LogP contribution in [0.4, 0.5) is 4.39 Å². The molecule has 1 aromatic heterocycles. The Balaban J connectivity index is 1.98. The largest absolute Gasteiger partial charge is 0.480 e. The molecule has 2 aromatic rings. The standard InChI is InChI=1S/C12H13FN2O2S/c1-7(12(16)17)18-5-4-11-14-9-3-2-8(13)6-10(9)15-11/h2-3,6-7H,4-5H2,1H3,(H,14,15)(H,16,17). The monoisotopic (exact) mass is 268 g/mol. The van der Waals surface area contributed by atoms with Crippen LogP contribution in [0, 0.1) is 5.82 Å². The van der Waals surface area contributed by atoms with Crippen LogP contribution in [0.25, 0.3) is 11.0 Å². The number of carbonyl (C=O) groups is 1. The second-order valence-electron chi connectivity index (χ2n) is 3.95. The van der Waals surface area contributed by atoms with Crippen molar-refractivity contribution in [3.05, 3.63) is 29.8 Å². The summed E-state index contributed by atoms with van der Waals surface area (Å²) in [6.45, 7) is 1.65. The number of hydrogen-bond donors (Lipinski definition) is 2. The molecule has 0 aliphatic rings. The first-order valence-electron chi connectivity index (χ1n) is 5.55. The van der Waals surface area contributed by atoms with Gasteiger partial charge < -0.3 is 10.1 Å². The summed E-state index contributed by atoms with van der Waals surface area (Å²) in [5.74, 6) is 0.300. The molecule has 96 valence electrons. The van der Waals surface area contributed by atoms with E-state index in [-0.39, 0.29) is 5.82 Å². The van der Waals surface area contributed by atoms with Crippen molar-refractivity contribution in [3.8, 4) is 0 Å². The third-order valence-electron chi connectivity index (χ3n) is 2.55. The molecule has 0 saturated heterocycles. The van der Waals surface area contributed by atoms with Crippen LogP contribution in [0.2, 0.25) is 0 Å². The maximum Gasteiger partial charge on any atom is 0.316 e. The number of aryl methyl sites for hydroxylation is 1. The van der Waals surface area contributed by atoms with Gasteiger partial charge in [0.2, 0.25) is 0 Å². The predicted octanol–water partition coefficient (Wildman–Crippen LogP) is 2.45. The second-order valence-corrected chi connectivity index (χ2v) is 5.39. The molecule has 0 aliphatic carbocycles. The van der Waals surface area contributed by atoms with Gasteiger partial charge in [0.1, 0.15) is 11.6 Å². The van der Waals surface area contributed by atoms with Crippen molar-refractivity contribution in [3.63, 3.8) is 0 Å². The van der Waals surface area contributed by atoms with Crippen LogP contribution in [0.1, 0.15) is 12.7 Å². The Morgan fingerprint density at radius 3 is 3.11 bits per heavy atom. The molecule has 0 bridgehead atoms. The topological polar surface area (TPSA) is 66.0 Å². The zero-order valence-corrected chi connectivity index (χ0v) is 10.6. The number of hydrogen-bond acceptors (Lipinski definition) is 3. The van der Waals surface area contributed by atoms with Gasteiger partial charge in [0, 0.05) is 12.2 Å². The number of carboxylic acids is 1. The SMILES string of the molecule is CC(SCCc1nc2ccc(F)cc2[nH]1)C(=O)O. The van der Waals surface area contributed by atoms with Crippen molar-refractivity contribution >= 4 is 28.8 Å². The molecule has 2 N–H and O–H groups in total. The number of H-pyrrole nitrogens is 1. The van der Waals surface area contributed by atoms with Crippen molar-refractivity contribution in [2.45, 2.75) is 18.6 Å². The van der Waals surface area contributed by atoms with Crippen LogP contribution >= 0.6 is 11.8 Å². The van der Waals surface area contributed by atoms with E-state index in [4.69, 9.17) is 5.11 Å². The van der Waals surface area contributed by atoms with Crippen molar-refractivity contribution in [1.82, 2.24) is 9.97 Å². The zero-order chi connectivity index (χ0) is 13.1. The summed E-state index contributed by atoms with van der Waals surface area (Å²) in [5.41, 5.74) is 1.39. The number of nitrogens with one attached hydrogen (secondary N) is 1. The number of thioether (sulfide) groups is 1. The molecule has 0 aliphatic heterocycles. The van der Waals surface area contributed by atoms with E-state index in [1.54, 1.807) is 13.0 Å². The van der Waals surface area contributed by atoms with E-state index in [1.807, 2.05) is 0 Å². The maximum atomic E-state index is 13.0. The number of fused-ring (bicyclic) bond motifs is 1. The summed E-state index contributed by atoms with van der Waals surface area (Å²) in [6.07, 6.45) is 0.637. The van der Waals surface area contributed by atoms with Crippen molar-refractivity contribution in [2.24, 2.45) is 0 Å². The van der Waals surface area contributed by atoms with E-state index >= 15 is 0 Å². The lowest BCUT2D eigenvalue weighted by atomic mass is 10.3. The Morgan fingerprint density at radius 2 is 2.39 bits per heavy atom. The lowest BCUT2D eigenvalue weighted by Crippen LogP contribution is -2.12. The van der Waals surface area contributed by atoms with Gasteiger partial charge in [-0.3, -0.25) is 4.79 Å². The second kappa shape index (κ2) is 5.39. The van der Waals surface area contributed by atoms with E-state index in [0.717, 1.165) is 11.3 Å². The molecule has 1 heterocycles. The highest BCUT2D eigenvalue weighted by Gasteiger charge is 2.11. The van der Waals surface area contributed by atoms with Gasteiger partial charge in [-0.1, -0.05) is 0 Å². The molecule has 0 fully saturated rings. The molecule has 0 amide bonds. The first kappa shape index (κ1) is 12.9. The number of rotatable bonds is 5. The summed E-state index contributed by atoms with van der Waals surface area (Å²) in [6, 6.07) is 4.39. The predicted molar refractivity (Wildman–Crippen MR) is 69.3 cm³/mol. The van der Waals surface area contributed by atoms with E-state index in [0.29, 0.717) is 17.7 Å². The molecule has 18 heavy (non-hydrogen) atoms. The van der Waals surface area contributed by atoms with Crippen LogP contribution in [0.15, 0.2) is 18.2 Å². The number of halogens is 1. The fourth-order valence-corrected chi connectivity index (χ4v) is 2.36. The summed E-state index contributed by atoms with van der Waals surface area (Å²) in [4.78, 5) is 18.0. The fourth-order valence-electron chi connectivity index (χ4n) is 1.56. The minimum atomic E-state index is -0.813. The maximum absolute atomic E-state index is 13.0. The van der Waals surface area contributed by atoms with Gasteiger partial charge in [-0.05, 0) is 25.1 Å². The Kier molecular flexibility index (Phi) is 3.86. The quantitative estimate of drug-likeness (QED) is 0.874. The number of aromatic amines is 1. The van der Waals surface area contributed by atoms with E-state index < -0.39 is 11.2 Å². The summed E-state index contributed by atoms with van der Waals surface area (Å²) in [7, 11) is 0. The number of benzene rings is 1. The van der Waals surface area contributed by atoms with Crippen molar-refractivity contribution in [2.75, 3.05) is 5.75 Å². The Hall–Kier alpha value is -1.56. The summed E-state index contributed by atoms with van der Waals surface area (Å²) in [5, 5.41) is 8.31. The lowest BCUT2D eigenvalue weighted by molar-refractivity contribution is -0.136. The molecular formula is C12H13FN2O2S. The average Bonchev–Trinajstić information content (AvgIpc) is 2.70. The Labute approximate surface area is 108 Å². The third kappa shape index (κ3) is 3.01. The summed E-state index contributed by atoms with van der Waals surface area (Å²) >= 11 is 1.36. The Bertz CT molecular complexity index is 570. The molecular weight excluding hydrogens is 255 g/mol. The minimum Gasteiger partial charge on any atom is -0.480 e. The number of aliphatic carboxylic acids is 1. The van der Waals surface area contributed by atoms with Crippen molar-refractivity contribution < 1.29 is 14.3 Å². The van der Waals surface area contributed by atoms with E-state index in [1.165, 1.54) is 23.9 Å². The molecule has 0 spiro atoms. The highest BCUT2D eigenvalue weighted by atomic mass is 32.2. The number of nitrogens with zero attached hydrogens (tertiary/aromatic N) is 1. The van der Waals surface area contributed by atoms with Crippen LogP contribution in [-0.2, 0) is 11.2 Å². The molecule has 4 nitrogen and oxygen atoms in total. The van der Waals surface area contributed by atoms with Gasteiger partial charge in [-0.15, -0.1) is 11.8 Å². The molecule has 1 unspecified atom stereocenters. The molecule has 0 radical (unpaired) electrons. The number of carboxylic acid groups (broad SMARTS) is 1. The van der Waals surface area contributed by atoms with Crippen molar-refractivity contribution in [1.29, 1.82) is 0 Å². The lowest BCUT2D eigenvalue weighted by Gasteiger charge is -2.03. The first-order chi connectivity index (χ1) is 8.56. The Morgan fingerprint density at radius 1 is 1.61 bits per heavy atom. The number of imidazole rings is 1. The van der Waals surface area contributed by atoms with Gasteiger partial charge in [0.15, 0.2) is 0 Å². The van der Waals surface area contributed by atoms with Crippen LogP contribution in [0.5, 0.6) is 0 Å². The summed E-state index contributed by atoms with van der Waals surface area (Å²) < 4.78 is 13.0. The molecule has 6 heteroatoms.